The van der Waals surface area contributed by atoms with Crippen LogP contribution in [0.5, 0.6) is 0 Å². The van der Waals surface area contributed by atoms with Gasteiger partial charge in [-0.3, -0.25) is 0 Å². The van der Waals surface area contributed by atoms with Gasteiger partial charge in [-0.15, -0.1) is 11.3 Å². The molecule has 1 atom stereocenters. The summed E-state index contributed by atoms with van der Waals surface area (Å²) >= 11 is 5.40. The van der Waals surface area contributed by atoms with Gasteiger partial charge in [0, 0.05) is 21.8 Å². The number of halogens is 1. The Labute approximate surface area is 115 Å². The van der Waals surface area contributed by atoms with Crippen molar-refractivity contribution in [3.05, 3.63) is 56.2 Å². The summed E-state index contributed by atoms with van der Waals surface area (Å²) in [7, 11) is 2.03. The summed E-state index contributed by atoms with van der Waals surface area (Å²) < 4.78 is 1.22. The third-order valence-electron chi connectivity index (χ3n) is 2.99. The maximum atomic E-state index is 3.60. The highest BCUT2D eigenvalue weighted by molar-refractivity contribution is 9.10. The first-order valence-corrected chi connectivity index (χ1v) is 7.34. The topological polar surface area (TPSA) is 12.0 Å². The summed E-state index contributed by atoms with van der Waals surface area (Å²) in [6.07, 6.45) is 1.03. The van der Waals surface area contributed by atoms with E-state index in [0.717, 1.165) is 6.42 Å². The van der Waals surface area contributed by atoms with E-state index in [9.17, 15) is 0 Å². The van der Waals surface area contributed by atoms with Crippen molar-refractivity contribution in [2.45, 2.75) is 19.4 Å². The fourth-order valence-corrected chi connectivity index (χ4v) is 3.56. The molecule has 0 fully saturated rings. The first kappa shape index (κ1) is 12.8. The van der Waals surface area contributed by atoms with Crippen LogP contribution in [0.1, 0.15) is 22.0 Å². The van der Waals surface area contributed by atoms with Crippen LogP contribution in [0.2, 0.25) is 0 Å². The van der Waals surface area contributed by atoms with E-state index in [1.165, 1.54) is 20.5 Å². The lowest BCUT2D eigenvalue weighted by Gasteiger charge is -2.18. The maximum Gasteiger partial charge on any atom is 0.0369 e. The van der Waals surface area contributed by atoms with E-state index in [-0.39, 0.29) is 0 Å². The normalized spacial score (nSPS) is 12.6. The Morgan fingerprint density at radius 2 is 2.06 bits per heavy atom. The molecule has 0 saturated carbocycles. The van der Waals surface area contributed by atoms with E-state index in [4.69, 9.17) is 0 Å². The molecule has 0 amide bonds. The van der Waals surface area contributed by atoms with Crippen molar-refractivity contribution in [3.8, 4) is 0 Å². The number of hydrogen-bond donors (Lipinski definition) is 1. The smallest absolute Gasteiger partial charge is 0.0369 e. The molecule has 1 N–H and O–H groups in total. The highest BCUT2D eigenvalue weighted by Gasteiger charge is 2.14. The highest BCUT2D eigenvalue weighted by Crippen LogP contribution is 2.29. The van der Waals surface area contributed by atoms with Gasteiger partial charge in [0.2, 0.25) is 0 Å². The predicted molar refractivity (Wildman–Crippen MR) is 78.7 cm³/mol. The standard InChI is InChI=1S/C14H16BrNS/c1-10-5-3-4-6-11(10)13(16-2)9-14-12(15)7-8-17-14/h3-8,13,16H,9H2,1-2H3. The van der Waals surface area contributed by atoms with Crippen molar-refractivity contribution >= 4 is 27.3 Å². The minimum atomic E-state index is 0.381. The SMILES string of the molecule is CNC(Cc1sccc1Br)c1ccccc1C. The van der Waals surface area contributed by atoms with E-state index >= 15 is 0 Å². The van der Waals surface area contributed by atoms with Gasteiger partial charge in [0.1, 0.15) is 0 Å². The Kier molecular flexibility index (Phi) is 4.37. The molecule has 2 rings (SSSR count). The van der Waals surface area contributed by atoms with Crippen LogP contribution in [0.3, 0.4) is 0 Å². The van der Waals surface area contributed by atoms with Gasteiger partial charge in [-0.1, -0.05) is 24.3 Å². The van der Waals surface area contributed by atoms with Gasteiger partial charge in [0.25, 0.3) is 0 Å². The molecule has 0 spiro atoms. The van der Waals surface area contributed by atoms with Crippen LogP contribution in [-0.2, 0) is 6.42 Å². The molecule has 1 aromatic heterocycles. The first-order chi connectivity index (χ1) is 8.22. The first-order valence-electron chi connectivity index (χ1n) is 5.67. The molecular formula is C14H16BrNS. The molecular weight excluding hydrogens is 294 g/mol. The second-order valence-electron chi connectivity index (χ2n) is 4.09. The minimum absolute atomic E-state index is 0.381. The average Bonchev–Trinajstić information content (AvgIpc) is 2.73. The summed E-state index contributed by atoms with van der Waals surface area (Å²) in [6.45, 7) is 2.17. The number of benzene rings is 1. The lowest BCUT2D eigenvalue weighted by Crippen LogP contribution is -2.19. The molecule has 0 aliphatic carbocycles. The Morgan fingerprint density at radius 3 is 2.65 bits per heavy atom. The van der Waals surface area contributed by atoms with Crippen LogP contribution in [0.25, 0.3) is 0 Å². The van der Waals surface area contributed by atoms with Gasteiger partial charge < -0.3 is 5.32 Å². The molecule has 0 saturated heterocycles. The highest BCUT2D eigenvalue weighted by atomic mass is 79.9. The van der Waals surface area contributed by atoms with Crippen LogP contribution in [0.15, 0.2) is 40.2 Å². The van der Waals surface area contributed by atoms with Crippen molar-refractivity contribution in [1.82, 2.24) is 5.32 Å². The van der Waals surface area contributed by atoms with Crippen molar-refractivity contribution in [2.75, 3.05) is 7.05 Å². The lowest BCUT2D eigenvalue weighted by molar-refractivity contribution is 0.592. The van der Waals surface area contributed by atoms with Crippen molar-refractivity contribution in [1.29, 1.82) is 0 Å². The summed E-state index contributed by atoms with van der Waals surface area (Å²) in [4.78, 5) is 1.40. The second kappa shape index (κ2) is 5.80. The fraction of sp³-hybridized carbons (Fsp3) is 0.286. The molecule has 1 heterocycles. The van der Waals surface area contributed by atoms with Gasteiger partial charge in [-0.2, -0.15) is 0 Å². The van der Waals surface area contributed by atoms with Crippen LogP contribution in [0.4, 0.5) is 0 Å². The number of likely N-dealkylation sites (N-methyl/N-ethyl adjacent to an activating group) is 1. The summed E-state index contributed by atoms with van der Waals surface area (Å²) in [6, 6.07) is 11.1. The molecule has 1 unspecified atom stereocenters. The average molecular weight is 310 g/mol. The molecule has 90 valence electrons. The molecule has 0 aliphatic rings. The summed E-state index contributed by atoms with van der Waals surface area (Å²) in [5.74, 6) is 0. The van der Waals surface area contributed by atoms with Gasteiger partial charge in [0.15, 0.2) is 0 Å². The molecule has 0 radical (unpaired) electrons. The van der Waals surface area contributed by atoms with Crippen molar-refractivity contribution in [3.63, 3.8) is 0 Å². The number of rotatable bonds is 4. The third kappa shape index (κ3) is 2.97. The number of aryl methyl sites for hydroxylation is 1. The van der Waals surface area contributed by atoms with E-state index in [0.29, 0.717) is 6.04 Å². The molecule has 17 heavy (non-hydrogen) atoms. The minimum Gasteiger partial charge on any atom is -0.313 e. The quantitative estimate of drug-likeness (QED) is 0.886. The monoisotopic (exact) mass is 309 g/mol. The van der Waals surface area contributed by atoms with Crippen molar-refractivity contribution < 1.29 is 0 Å². The molecule has 2 aromatic rings. The largest absolute Gasteiger partial charge is 0.313 e. The molecule has 1 aromatic carbocycles. The van der Waals surface area contributed by atoms with Gasteiger partial charge in [-0.05, 0) is 52.5 Å². The zero-order chi connectivity index (χ0) is 12.3. The zero-order valence-electron chi connectivity index (χ0n) is 10.0. The predicted octanol–water partition coefficient (Wildman–Crippen LogP) is 4.32. The molecule has 1 nitrogen and oxygen atoms in total. The molecule has 0 bridgehead atoms. The van der Waals surface area contributed by atoms with Crippen LogP contribution < -0.4 is 5.32 Å². The summed E-state index contributed by atoms with van der Waals surface area (Å²) in [5.41, 5.74) is 2.73. The van der Waals surface area contributed by atoms with Crippen molar-refractivity contribution in [2.24, 2.45) is 0 Å². The van der Waals surface area contributed by atoms with E-state index in [1.807, 2.05) is 7.05 Å². The molecule has 3 heteroatoms. The number of nitrogens with one attached hydrogen (secondary N) is 1. The van der Waals surface area contributed by atoms with Gasteiger partial charge in [0.05, 0.1) is 0 Å². The zero-order valence-corrected chi connectivity index (χ0v) is 12.4. The van der Waals surface area contributed by atoms with Crippen LogP contribution >= 0.6 is 27.3 Å². The maximum absolute atomic E-state index is 3.60. The Morgan fingerprint density at radius 1 is 1.29 bits per heavy atom. The van der Waals surface area contributed by atoms with E-state index in [1.54, 1.807) is 11.3 Å². The third-order valence-corrected chi connectivity index (χ3v) is 4.94. The van der Waals surface area contributed by atoms with Gasteiger partial charge in [-0.25, -0.2) is 0 Å². The summed E-state index contributed by atoms with van der Waals surface area (Å²) in [5, 5.41) is 5.54. The number of hydrogen-bond acceptors (Lipinski definition) is 2. The van der Waals surface area contributed by atoms with E-state index in [2.05, 4.69) is 63.9 Å². The van der Waals surface area contributed by atoms with Crippen LogP contribution in [-0.4, -0.2) is 7.05 Å². The second-order valence-corrected chi connectivity index (χ2v) is 5.95. The van der Waals surface area contributed by atoms with Crippen LogP contribution in [0, 0.1) is 6.92 Å². The number of thiophene rings is 1. The Bertz CT molecular complexity index is 492. The Balaban J connectivity index is 2.23. The Hall–Kier alpha value is -0.640. The lowest BCUT2D eigenvalue weighted by atomic mass is 9.98. The molecule has 0 aliphatic heterocycles. The van der Waals surface area contributed by atoms with E-state index < -0.39 is 0 Å². The van der Waals surface area contributed by atoms with Gasteiger partial charge >= 0.3 is 0 Å². The fourth-order valence-electron chi connectivity index (χ4n) is 2.00.